The minimum atomic E-state index is -0.0906. The Balaban J connectivity index is 1.62. The van der Waals surface area contributed by atoms with Gasteiger partial charge < -0.3 is 10.1 Å². The molecule has 1 aliphatic heterocycles. The zero-order valence-corrected chi connectivity index (χ0v) is 13.5. The van der Waals surface area contributed by atoms with E-state index in [2.05, 4.69) is 15.4 Å². The predicted molar refractivity (Wildman–Crippen MR) is 86.1 cm³/mol. The fourth-order valence-electron chi connectivity index (χ4n) is 2.77. The van der Waals surface area contributed by atoms with E-state index in [1.807, 2.05) is 26.0 Å². The highest BCUT2D eigenvalue weighted by atomic mass is 16.5. The van der Waals surface area contributed by atoms with E-state index in [0.29, 0.717) is 18.8 Å². The average Bonchev–Trinajstić information content (AvgIpc) is 3.18. The summed E-state index contributed by atoms with van der Waals surface area (Å²) < 4.78 is 7.36. The van der Waals surface area contributed by atoms with Crippen molar-refractivity contribution < 1.29 is 9.53 Å². The Hall–Kier alpha value is -2.21. The second kappa shape index (κ2) is 6.91. The van der Waals surface area contributed by atoms with E-state index in [-0.39, 0.29) is 23.9 Å². The summed E-state index contributed by atoms with van der Waals surface area (Å²) in [5.74, 6) is 0.189. The number of hydrogen-bond acceptors (Lipinski definition) is 4. The van der Waals surface area contributed by atoms with Gasteiger partial charge in [0.25, 0.3) is 5.91 Å². The third kappa shape index (κ3) is 3.76. The van der Waals surface area contributed by atoms with Crippen LogP contribution in [0.4, 0.5) is 0 Å². The van der Waals surface area contributed by atoms with Crippen molar-refractivity contribution in [2.45, 2.75) is 32.4 Å². The summed E-state index contributed by atoms with van der Waals surface area (Å²) in [6, 6.07) is 4.28. The first kappa shape index (κ1) is 15.7. The minimum absolute atomic E-state index is 0.0260. The van der Waals surface area contributed by atoms with Crippen LogP contribution in [0.5, 0.6) is 0 Å². The van der Waals surface area contributed by atoms with Crippen molar-refractivity contribution in [2.75, 3.05) is 13.2 Å². The lowest BCUT2D eigenvalue weighted by atomic mass is 9.95. The molecule has 6 heteroatoms. The molecule has 3 heterocycles. The minimum Gasteiger partial charge on any atom is -0.379 e. The molecule has 0 saturated carbocycles. The summed E-state index contributed by atoms with van der Waals surface area (Å²) in [4.78, 5) is 16.4. The lowest BCUT2D eigenvalue weighted by Crippen LogP contribution is -2.40. The first-order valence-corrected chi connectivity index (χ1v) is 7.95. The van der Waals surface area contributed by atoms with Crippen molar-refractivity contribution >= 4 is 5.91 Å². The van der Waals surface area contributed by atoms with Crippen LogP contribution in [0.2, 0.25) is 0 Å². The molecule has 23 heavy (non-hydrogen) atoms. The van der Waals surface area contributed by atoms with Crippen LogP contribution in [-0.2, 0) is 11.2 Å². The fourth-order valence-corrected chi connectivity index (χ4v) is 2.77. The molecular formula is C17H22N4O2. The molecule has 0 spiro atoms. The van der Waals surface area contributed by atoms with Crippen LogP contribution >= 0.6 is 0 Å². The van der Waals surface area contributed by atoms with E-state index >= 15 is 0 Å². The van der Waals surface area contributed by atoms with Crippen molar-refractivity contribution in [3.63, 3.8) is 0 Å². The van der Waals surface area contributed by atoms with Gasteiger partial charge in [-0.1, -0.05) is 0 Å². The molecular weight excluding hydrogens is 292 g/mol. The second-order valence-electron chi connectivity index (χ2n) is 6.24. The molecule has 2 aromatic rings. The first-order chi connectivity index (χ1) is 11.1. The summed E-state index contributed by atoms with van der Waals surface area (Å²) in [5, 5.41) is 7.30. The van der Waals surface area contributed by atoms with Gasteiger partial charge in [0.1, 0.15) is 0 Å². The van der Waals surface area contributed by atoms with Gasteiger partial charge in [0.15, 0.2) is 0 Å². The highest BCUT2D eigenvalue weighted by Crippen LogP contribution is 2.19. The number of pyridine rings is 1. The molecule has 0 aliphatic carbocycles. The van der Waals surface area contributed by atoms with Crippen LogP contribution in [0.3, 0.4) is 0 Å². The van der Waals surface area contributed by atoms with Crippen LogP contribution in [0, 0.1) is 5.92 Å². The second-order valence-corrected chi connectivity index (χ2v) is 6.24. The van der Waals surface area contributed by atoms with Crippen molar-refractivity contribution in [3.8, 4) is 0 Å². The molecule has 6 nitrogen and oxygen atoms in total. The molecule has 2 aromatic heterocycles. The molecule has 0 bridgehead atoms. The van der Waals surface area contributed by atoms with E-state index in [9.17, 15) is 4.79 Å². The van der Waals surface area contributed by atoms with Gasteiger partial charge in [-0.2, -0.15) is 5.10 Å². The zero-order chi connectivity index (χ0) is 16.2. The molecule has 1 saturated heterocycles. The summed E-state index contributed by atoms with van der Waals surface area (Å²) in [6.45, 7) is 5.28. The van der Waals surface area contributed by atoms with Crippen LogP contribution in [-0.4, -0.2) is 39.9 Å². The number of ether oxygens (including phenoxy) is 1. The number of aromatic nitrogens is 3. The zero-order valence-electron chi connectivity index (χ0n) is 13.5. The lowest BCUT2D eigenvalue weighted by molar-refractivity contribution is 0.0925. The summed E-state index contributed by atoms with van der Waals surface area (Å²) in [6.07, 6.45) is 7.85. The number of nitrogens with one attached hydrogen (secondary N) is 1. The fraction of sp³-hybridized carbons (Fsp3) is 0.471. The van der Waals surface area contributed by atoms with Gasteiger partial charge in [0.05, 0.1) is 31.0 Å². The van der Waals surface area contributed by atoms with Crippen LogP contribution < -0.4 is 5.32 Å². The van der Waals surface area contributed by atoms with Gasteiger partial charge in [-0.05, 0) is 38.0 Å². The number of rotatable bonds is 5. The van der Waals surface area contributed by atoms with Crippen LogP contribution in [0.15, 0.2) is 36.9 Å². The number of nitrogens with zero attached hydrogens (tertiary/aromatic N) is 3. The molecule has 2 atom stereocenters. The molecule has 122 valence electrons. The van der Waals surface area contributed by atoms with E-state index in [4.69, 9.17) is 4.74 Å². The molecule has 1 N–H and O–H groups in total. The topological polar surface area (TPSA) is 69.0 Å². The van der Waals surface area contributed by atoms with Crippen LogP contribution in [0.25, 0.3) is 0 Å². The van der Waals surface area contributed by atoms with Gasteiger partial charge in [0, 0.05) is 30.6 Å². The summed E-state index contributed by atoms with van der Waals surface area (Å²) >= 11 is 0. The largest absolute Gasteiger partial charge is 0.379 e. The number of hydrogen-bond donors (Lipinski definition) is 1. The smallest absolute Gasteiger partial charge is 0.254 e. The molecule has 1 fully saturated rings. The SMILES string of the molecule is CC(C)n1cc(C(=O)N[C@@H]2COC[C@H]2Cc2ccncc2)cn1. The quantitative estimate of drug-likeness (QED) is 0.914. The lowest BCUT2D eigenvalue weighted by Gasteiger charge is -2.18. The Labute approximate surface area is 135 Å². The number of carbonyl (C=O) groups excluding carboxylic acids is 1. The maximum absolute atomic E-state index is 12.4. The highest BCUT2D eigenvalue weighted by Gasteiger charge is 2.30. The van der Waals surface area contributed by atoms with E-state index < -0.39 is 0 Å². The van der Waals surface area contributed by atoms with Crippen molar-refractivity contribution in [1.82, 2.24) is 20.1 Å². The van der Waals surface area contributed by atoms with Crippen molar-refractivity contribution in [2.24, 2.45) is 5.92 Å². The van der Waals surface area contributed by atoms with E-state index in [1.165, 1.54) is 5.56 Å². The molecule has 0 radical (unpaired) electrons. The maximum Gasteiger partial charge on any atom is 0.254 e. The normalized spacial score (nSPS) is 20.8. The first-order valence-electron chi connectivity index (χ1n) is 7.95. The monoisotopic (exact) mass is 314 g/mol. The standard InChI is InChI=1S/C17H22N4O2/c1-12(2)21-9-15(8-19-21)17(22)20-16-11-23-10-14(16)7-13-3-5-18-6-4-13/h3-6,8-9,12,14,16H,7,10-11H2,1-2H3,(H,20,22)/t14-,16-/m1/s1. The van der Waals surface area contributed by atoms with Gasteiger partial charge >= 0.3 is 0 Å². The Morgan fingerprint density at radius 2 is 2.17 bits per heavy atom. The van der Waals surface area contributed by atoms with Gasteiger partial charge in [-0.25, -0.2) is 0 Å². The van der Waals surface area contributed by atoms with Crippen LogP contribution in [0.1, 0.15) is 35.8 Å². The van der Waals surface area contributed by atoms with Crippen molar-refractivity contribution in [1.29, 1.82) is 0 Å². The third-order valence-electron chi connectivity index (χ3n) is 4.15. The maximum atomic E-state index is 12.4. The summed E-state index contributed by atoms with van der Waals surface area (Å²) in [7, 11) is 0. The Kier molecular flexibility index (Phi) is 4.71. The average molecular weight is 314 g/mol. The van der Waals surface area contributed by atoms with Crippen molar-refractivity contribution in [3.05, 3.63) is 48.0 Å². The van der Waals surface area contributed by atoms with Gasteiger partial charge in [-0.3, -0.25) is 14.5 Å². The third-order valence-corrected chi connectivity index (χ3v) is 4.15. The molecule has 1 aliphatic rings. The number of amides is 1. The molecule has 1 amide bonds. The summed E-state index contributed by atoms with van der Waals surface area (Å²) in [5.41, 5.74) is 1.80. The molecule has 0 unspecified atom stereocenters. The van der Waals surface area contributed by atoms with Gasteiger partial charge in [0.2, 0.25) is 0 Å². The highest BCUT2D eigenvalue weighted by molar-refractivity contribution is 5.93. The van der Waals surface area contributed by atoms with Gasteiger partial charge in [-0.15, -0.1) is 0 Å². The molecule has 3 rings (SSSR count). The van der Waals surface area contributed by atoms with E-state index in [0.717, 1.165) is 6.42 Å². The predicted octanol–water partition coefficient (Wildman–Crippen LogP) is 1.85. The Morgan fingerprint density at radius 3 is 2.87 bits per heavy atom. The molecule has 0 aromatic carbocycles. The number of carbonyl (C=O) groups is 1. The Morgan fingerprint density at radius 1 is 1.39 bits per heavy atom. The van der Waals surface area contributed by atoms with E-state index in [1.54, 1.807) is 29.5 Å². The Bertz CT molecular complexity index is 654.